The van der Waals surface area contributed by atoms with Gasteiger partial charge in [0.25, 0.3) is 11.8 Å². The molecule has 1 aliphatic rings. The number of benzene rings is 1. The van der Waals surface area contributed by atoms with Gasteiger partial charge < -0.3 is 19.9 Å². The van der Waals surface area contributed by atoms with Crippen molar-refractivity contribution in [3.05, 3.63) is 36.0 Å². The van der Waals surface area contributed by atoms with Gasteiger partial charge in [-0.05, 0) is 31.0 Å². The number of aromatic nitrogens is 1. The first-order valence-corrected chi connectivity index (χ1v) is 7.77. The van der Waals surface area contributed by atoms with Crippen molar-refractivity contribution in [2.75, 3.05) is 20.6 Å². The molecule has 1 saturated heterocycles. The highest BCUT2D eigenvalue weighted by molar-refractivity contribution is 6.06. The van der Waals surface area contributed by atoms with E-state index in [0.29, 0.717) is 18.5 Å². The molecule has 2 aromatic rings. The monoisotopic (exact) mass is 315 g/mol. The molecule has 1 aliphatic heterocycles. The van der Waals surface area contributed by atoms with Crippen LogP contribution < -0.4 is 5.32 Å². The van der Waals surface area contributed by atoms with E-state index in [1.54, 1.807) is 20.2 Å². The van der Waals surface area contributed by atoms with Gasteiger partial charge >= 0.3 is 0 Å². The second-order valence-electron chi connectivity index (χ2n) is 6.01. The van der Waals surface area contributed by atoms with Crippen LogP contribution in [-0.2, 0) is 9.53 Å². The zero-order chi connectivity index (χ0) is 16.4. The highest BCUT2D eigenvalue weighted by atomic mass is 16.5. The maximum atomic E-state index is 12.4. The van der Waals surface area contributed by atoms with Crippen molar-refractivity contribution < 1.29 is 14.3 Å². The lowest BCUT2D eigenvalue weighted by Crippen LogP contribution is -2.36. The number of carbonyl (C=O) groups is 2. The molecule has 2 atom stereocenters. The summed E-state index contributed by atoms with van der Waals surface area (Å²) in [7, 11) is 3.44. The van der Waals surface area contributed by atoms with Crippen molar-refractivity contribution in [3.63, 3.8) is 0 Å². The van der Waals surface area contributed by atoms with Crippen LogP contribution in [0.2, 0.25) is 0 Å². The van der Waals surface area contributed by atoms with E-state index in [-0.39, 0.29) is 24.0 Å². The van der Waals surface area contributed by atoms with Gasteiger partial charge in [0, 0.05) is 43.3 Å². The van der Waals surface area contributed by atoms with E-state index >= 15 is 0 Å². The molecule has 122 valence electrons. The van der Waals surface area contributed by atoms with E-state index in [4.69, 9.17) is 4.74 Å². The topological polar surface area (TPSA) is 74.4 Å². The number of hydrogen-bond acceptors (Lipinski definition) is 3. The van der Waals surface area contributed by atoms with Crippen LogP contribution in [-0.4, -0.2) is 54.5 Å². The van der Waals surface area contributed by atoms with Crippen LogP contribution in [0.3, 0.4) is 0 Å². The molecule has 0 saturated carbocycles. The van der Waals surface area contributed by atoms with E-state index in [0.717, 1.165) is 17.3 Å². The third-order valence-electron chi connectivity index (χ3n) is 4.15. The lowest BCUT2D eigenvalue weighted by atomic mass is 10.1. The predicted molar refractivity (Wildman–Crippen MR) is 87.2 cm³/mol. The fraction of sp³-hybridized carbons (Fsp3) is 0.412. The Labute approximate surface area is 134 Å². The Morgan fingerprint density at radius 3 is 2.91 bits per heavy atom. The third kappa shape index (κ3) is 3.22. The zero-order valence-corrected chi connectivity index (χ0v) is 13.3. The van der Waals surface area contributed by atoms with Crippen molar-refractivity contribution in [3.8, 4) is 0 Å². The smallest absolute Gasteiger partial charge is 0.252 e. The molecule has 3 rings (SSSR count). The average molecular weight is 315 g/mol. The summed E-state index contributed by atoms with van der Waals surface area (Å²) in [6.07, 6.45) is 2.79. The van der Waals surface area contributed by atoms with Crippen molar-refractivity contribution in [1.82, 2.24) is 15.2 Å². The van der Waals surface area contributed by atoms with Gasteiger partial charge in [0.05, 0.1) is 6.10 Å². The van der Waals surface area contributed by atoms with Crippen molar-refractivity contribution in [2.45, 2.75) is 25.0 Å². The number of aromatic amines is 1. The highest BCUT2D eigenvalue weighted by Crippen LogP contribution is 2.21. The van der Waals surface area contributed by atoms with Gasteiger partial charge in [-0.15, -0.1) is 0 Å². The summed E-state index contributed by atoms with van der Waals surface area (Å²) in [5, 5.41) is 3.81. The largest absolute Gasteiger partial charge is 0.363 e. The molecule has 2 amide bonds. The Morgan fingerprint density at radius 1 is 1.30 bits per heavy atom. The minimum Gasteiger partial charge on any atom is -0.363 e. The molecule has 6 nitrogen and oxygen atoms in total. The van der Waals surface area contributed by atoms with E-state index < -0.39 is 0 Å². The molecule has 1 aromatic carbocycles. The predicted octanol–water partition coefficient (Wildman–Crippen LogP) is 1.53. The summed E-state index contributed by atoms with van der Waals surface area (Å²) in [5.41, 5.74) is 1.58. The summed E-state index contributed by atoms with van der Waals surface area (Å²) in [4.78, 5) is 28.9. The van der Waals surface area contributed by atoms with Gasteiger partial charge in [0.2, 0.25) is 0 Å². The Hall–Kier alpha value is -2.34. The third-order valence-corrected chi connectivity index (χ3v) is 4.15. The van der Waals surface area contributed by atoms with E-state index in [2.05, 4.69) is 10.3 Å². The molecule has 6 heteroatoms. The molecular formula is C17H21N3O3. The van der Waals surface area contributed by atoms with Crippen molar-refractivity contribution >= 4 is 22.7 Å². The first kappa shape index (κ1) is 15.6. The minimum absolute atomic E-state index is 0.0177. The fourth-order valence-electron chi connectivity index (χ4n) is 2.91. The molecule has 0 radical (unpaired) electrons. The summed E-state index contributed by atoms with van der Waals surface area (Å²) in [5.74, 6) is -0.142. The van der Waals surface area contributed by atoms with Crippen molar-refractivity contribution in [2.24, 2.45) is 0 Å². The number of fused-ring (bicyclic) bond motifs is 1. The van der Waals surface area contributed by atoms with E-state index in [1.165, 1.54) is 4.90 Å². The van der Waals surface area contributed by atoms with Crippen LogP contribution in [0.4, 0.5) is 0 Å². The minimum atomic E-state index is -0.389. The number of likely N-dealkylation sites (N-methyl/N-ethyl adjacent to an activating group) is 1. The van der Waals surface area contributed by atoms with Gasteiger partial charge in [-0.2, -0.15) is 0 Å². The number of nitrogens with zero attached hydrogens (tertiary/aromatic N) is 1. The first-order chi connectivity index (χ1) is 11.1. The van der Waals surface area contributed by atoms with Gasteiger partial charge in [0.15, 0.2) is 0 Å². The lowest BCUT2D eigenvalue weighted by molar-refractivity contribution is -0.140. The van der Waals surface area contributed by atoms with E-state index in [1.807, 2.05) is 24.4 Å². The number of H-pyrrole nitrogens is 1. The summed E-state index contributed by atoms with van der Waals surface area (Å²) in [6, 6.07) is 7.48. The maximum Gasteiger partial charge on any atom is 0.252 e. The van der Waals surface area contributed by atoms with Crippen molar-refractivity contribution in [1.29, 1.82) is 0 Å². The molecule has 0 aliphatic carbocycles. The summed E-state index contributed by atoms with van der Waals surface area (Å²) >= 11 is 0. The molecule has 23 heavy (non-hydrogen) atoms. The van der Waals surface area contributed by atoms with Gasteiger partial charge in [-0.1, -0.05) is 6.07 Å². The molecule has 1 aromatic heterocycles. The molecule has 2 N–H and O–H groups in total. The summed E-state index contributed by atoms with van der Waals surface area (Å²) < 4.78 is 5.73. The number of nitrogens with one attached hydrogen (secondary N) is 2. The Bertz CT molecular complexity index is 723. The molecule has 1 fully saturated rings. The number of hydrogen-bond donors (Lipinski definition) is 2. The number of amides is 2. The van der Waals surface area contributed by atoms with Crippen LogP contribution in [0, 0.1) is 0 Å². The van der Waals surface area contributed by atoms with Gasteiger partial charge in [-0.3, -0.25) is 9.59 Å². The van der Waals surface area contributed by atoms with Gasteiger partial charge in [-0.25, -0.2) is 0 Å². The Balaban J connectivity index is 1.58. The molecular weight excluding hydrogens is 294 g/mol. The quantitative estimate of drug-likeness (QED) is 0.898. The fourth-order valence-corrected chi connectivity index (χ4v) is 2.91. The maximum absolute atomic E-state index is 12.4. The standard InChI is InChI=1S/C17H21N3O3/c1-20(2)17(22)15-7-6-11(23-15)10-19-16(21)13-4-3-5-14-12(13)8-9-18-14/h3-5,8-9,11,15,18H,6-7,10H2,1-2H3,(H,19,21)/t11-,15+/m0/s1. The second-order valence-corrected chi connectivity index (χ2v) is 6.01. The van der Waals surface area contributed by atoms with Gasteiger partial charge in [0.1, 0.15) is 6.10 Å². The SMILES string of the molecule is CN(C)C(=O)[C@H]1CC[C@@H](CNC(=O)c2cccc3[nH]ccc23)O1. The Morgan fingerprint density at radius 2 is 2.13 bits per heavy atom. The van der Waals surface area contributed by atoms with E-state index in [9.17, 15) is 9.59 Å². The molecule has 0 spiro atoms. The molecule has 0 bridgehead atoms. The first-order valence-electron chi connectivity index (χ1n) is 7.77. The summed E-state index contributed by atoms with van der Waals surface area (Å²) in [6.45, 7) is 0.414. The Kier molecular flexibility index (Phi) is 4.34. The average Bonchev–Trinajstić information content (AvgIpc) is 3.20. The van der Waals surface area contributed by atoms with Crippen LogP contribution >= 0.6 is 0 Å². The number of rotatable bonds is 4. The normalized spacial score (nSPS) is 20.6. The number of carbonyl (C=O) groups excluding carboxylic acids is 2. The lowest BCUT2D eigenvalue weighted by Gasteiger charge is -2.17. The van der Waals surface area contributed by atoms with Crippen LogP contribution in [0.5, 0.6) is 0 Å². The van der Waals surface area contributed by atoms with Crippen LogP contribution in [0.15, 0.2) is 30.5 Å². The molecule has 0 unspecified atom stereocenters. The molecule has 2 heterocycles. The number of ether oxygens (including phenoxy) is 1. The van der Waals surface area contributed by atoms with Crippen LogP contribution in [0.1, 0.15) is 23.2 Å². The zero-order valence-electron chi connectivity index (χ0n) is 13.3. The second kappa shape index (κ2) is 6.42. The van der Waals surface area contributed by atoms with Crippen LogP contribution in [0.25, 0.3) is 10.9 Å². The highest BCUT2D eigenvalue weighted by Gasteiger charge is 2.31.